The van der Waals surface area contributed by atoms with Crippen LogP contribution in [-0.4, -0.2) is 35.5 Å². The van der Waals surface area contributed by atoms with Gasteiger partial charge in [-0.2, -0.15) is 0 Å². The lowest BCUT2D eigenvalue weighted by Gasteiger charge is -2.30. The van der Waals surface area contributed by atoms with Gasteiger partial charge in [-0.1, -0.05) is 36.6 Å². The largest absolute Gasteiger partial charge is 0.480 e. The van der Waals surface area contributed by atoms with Gasteiger partial charge in [-0.3, -0.25) is 4.79 Å². The summed E-state index contributed by atoms with van der Waals surface area (Å²) in [4.78, 5) is 30.5. The van der Waals surface area contributed by atoms with E-state index >= 15 is 0 Å². The number of benzene rings is 1. The summed E-state index contributed by atoms with van der Waals surface area (Å²) in [5, 5.41) is 3.50. The number of likely N-dealkylation sites (tertiary alicyclic amines) is 1. The maximum absolute atomic E-state index is 13.0. The van der Waals surface area contributed by atoms with Gasteiger partial charge in [0.25, 0.3) is 5.91 Å². The summed E-state index contributed by atoms with van der Waals surface area (Å²) >= 11 is 6.01. The molecule has 1 fully saturated rings. The fourth-order valence-electron chi connectivity index (χ4n) is 3.44. The minimum absolute atomic E-state index is 0.0402. The van der Waals surface area contributed by atoms with Crippen LogP contribution in [0.2, 0.25) is 5.02 Å². The molecular weight excluding hydrogens is 380 g/mol. The highest BCUT2D eigenvalue weighted by atomic mass is 35.5. The Morgan fingerprint density at radius 2 is 2.00 bits per heavy atom. The predicted molar refractivity (Wildman–Crippen MR) is 108 cm³/mol. The average molecular weight is 403 g/mol. The second-order valence-corrected chi connectivity index (χ2v) is 7.12. The number of urea groups is 1. The first-order chi connectivity index (χ1) is 13.5. The summed E-state index contributed by atoms with van der Waals surface area (Å²) < 4.78 is 5.04. The monoisotopic (exact) mass is 402 g/mol. The highest BCUT2D eigenvalue weighted by Crippen LogP contribution is 2.31. The van der Waals surface area contributed by atoms with Crippen LogP contribution in [0.3, 0.4) is 0 Å². The van der Waals surface area contributed by atoms with Crippen molar-refractivity contribution in [3.05, 3.63) is 52.7 Å². The van der Waals surface area contributed by atoms with E-state index < -0.39 is 5.91 Å². The second-order valence-electron chi connectivity index (χ2n) is 6.69. The molecule has 0 saturated carbocycles. The molecular formula is C20H23ClN4O3. The minimum atomic E-state index is -0.672. The lowest BCUT2D eigenvalue weighted by molar-refractivity contribution is 0.0996. The van der Waals surface area contributed by atoms with Crippen LogP contribution in [0.1, 0.15) is 47.6 Å². The number of methoxy groups -OCH3 is 1. The highest BCUT2D eigenvalue weighted by molar-refractivity contribution is 6.30. The van der Waals surface area contributed by atoms with Crippen LogP contribution in [-0.2, 0) is 0 Å². The summed E-state index contributed by atoms with van der Waals surface area (Å²) in [6.45, 7) is 0.644. The van der Waals surface area contributed by atoms with Gasteiger partial charge in [0.1, 0.15) is 5.56 Å². The zero-order valence-electron chi connectivity index (χ0n) is 15.7. The first-order valence-corrected chi connectivity index (χ1v) is 9.54. The van der Waals surface area contributed by atoms with Crippen molar-refractivity contribution in [3.8, 4) is 5.88 Å². The SMILES string of the molecule is COc1ncc(NC(=O)N2CCCCCC2c2ccc(Cl)cc2)cc1C(N)=O. The molecule has 1 aliphatic rings. The molecule has 28 heavy (non-hydrogen) atoms. The van der Waals surface area contributed by atoms with Gasteiger partial charge in [-0.15, -0.1) is 0 Å². The van der Waals surface area contributed by atoms with Gasteiger partial charge < -0.3 is 20.7 Å². The number of carbonyl (C=O) groups excluding carboxylic acids is 2. The van der Waals surface area contributed by atoms with E-state index in [1.54, 1.807) is 0 Å². The third kappa shape index (κ3) is 4.54. The molecule has 0 radical (unpaired) electrons. The molecule has 3 rings (SSSR count). The molecule has 1 aliphatic heterocycles. The molecule has 1 aromatic carbocycles. The van der Waals surface area contributed by atoms with E-state index in [0.29, 0.717) is 17.3 Å². The fourth-order valence-corrected chi connectivity index (χ4v) is 3.56. The van der Waals surface area contributed by atoms with Gasteiger partial charge in [0, 0.05) is 11.6 Å². The second kappa shape index (κ2) is 8.93. The van der Waals surface area contributed by atoms with Crippen LogP contribution < -0.4 is 15.8 Å². The predicted octanol–water partition coefficient (Wildman–Crippen LogP) is 3.99. The summed E-state index contributed by atoms with van der Waals surface area (Å²) in [5.41, 5.74) is 6.92. The molecule has 1 unspecified atom stereocenters. The Bertz CT molecular complexity index is 857. The van der Waals surface area contributed by atoms with Crippen LogP contribution >= 0.6 is 11.6 Å². The summed E-state index contributed by atoms with van der Waals surface area (Å²) in [6, 6.07) is 8.78. The van der Waals surface area contributed by atoms with Crippen molar-refractivity contribution >= 4 is 29.2 Å². The molecule has 1 atom stereocenters. The Kier molecular flexibility index (Phi) is 6.36. The zero-order chi connectivity index (χ0) is 20.1. The molecule has 1 saturated heterocycles. The lowest BCUT2D eigenvalue weighted by atomic mass is 10.0. The molecule has 3 amide bonds. The Hall–Kier alpha value is -2.80. The number of hydrogen-bond acceptors (Lipinski definition) is 4. The number of anilines is 1. The lowest BCUT2D eigenvalue weighted by Crippen LogP contribution is -2.38. The number of nitrogens with one attached hydrogen (secondary N) is 1. The Morgan fingerprint density at radius 3 is 2.68 bits per heavy atom. The van der Waals surface area contributed by atoms with Crippen molar-refractivity contribution in [2.45, 2.75) is 31.7 Å². The van der Waals surface area contributed by atoms with Gasteiger partial charge in [0.15, 0.2) is 0 Å². The number of primary amides is 1. The molecule has 0 bridgehead atoms. The number of ether oxygens (including phenoxy) is 1. The fraction of sp³-hybridized carbons (Fsp3) is 0.350. The maximum atomic E-state index is 13.0. The van der Waals surface area contributed by atoms with E-state index in [-0.39, 0.29) is 23.5 Å². The van der Waals surface area contributed by atoms with E-state index in [1.165, 1.54) is 19.4 Å². The number of hydrogen-bond donors (Lipinski definition) is 2. The van der Waals surface area contributed by atoms with Crippen molar-refractivity contribution in [1.82, 2.24) is 9.88 Å². The molecule has 0 aliphatic carbocycles. The number of rotatable bonds is 4. The summed E-state index contributed by atoms with van der Waals surface area (Å²) in [7, 11) is 1.40. The Labute approximate surface area is 168 Å². The first-order valence-electron chi connectivity index (χ1n) is 9.16. The first kappa shape index (κ1) is 19.9. The molecule has 0 spiro atoms. The summed E-state index contributed by atoms with van der Waals surface area (Å²) in [5.74, 6) is -0.548. The average Bonchev–Trinajstić information content (AvgIpc) is 2.94. The van der Waals surface area contributed by atoms with Crippen LogP contribution in [0.15, 0.2) is 36.5 Å². The normalized spacial score (nSPS) is 16.9. The zero-order valence-corrected chi connectivity index (χ0v) is 16.4. The van der Waals surface area contributed by atoms with Gasteiger partial charge in [0.2, 0.25) is 5.88 Å². The van der Waals surface area contributed by atoms with Crippen molar-refractivity contribution < 1.29 is 14.3 Å². The van der Waals surface area contributed by atoms with Gasteiger partial charge >= 0.3 is 6.03 Å². The molecule has 3 N–H and O–H groups in total. The molecule has 8 heteroatoms. The van der Waals surface area contributed by atoms with Crippen molar-refractivity contribution in [2.24, 2.45) is 5.73 Å². The molecule has 1 aromatic heterocycles. The quantitative estimate of drug-likeness (QED) is 0.807. The van der Waals surface area contributed by atoms with Crippen molar-refractivity contribution in [1.29, 1.82) is 0 Å². The molecule has 2 heterocycles. The van der Waals surface area contributed by atoms with Crippen LogP contribution in [0.25, 0.3) is 0 Å². The van der Waals surface area contributed by atoms with E-state index in [2.05, 4.69) is 10.3 Å². The van der Waals surface area contributed by atoms with Gasteiger partial charge in [-0.25, -0.2) is 9.78 Å². The standard InChI is InChI=1S/C20H23ClN4O3/c1-28-19-16(18(22)26)11-15(12-23-19)24-20(27)25-10-4-2-3-5-17(25)13-6-8-14(21)9-7-13/h6-9,11-12,17H,2-5,10H2,1H3,(H2,22,26)(H,24,27). The number of halogens is 1. The Balaban J connectivity index is 1.83. The molecule has 2 aromatic rings. The number of amides is 3. The third-order valence-corrected chi connectivity index (χ3v) is 5.08. The van der Waals surface area contributed by atoms with Crippen LogP contribution in [0.4, 0.5) is 10.5 Å². The van der Waals surface area contributed by atoms with Crippen molar-refractivity contribution in [2.75, 3.05) is 19.0 Å². The number of nitrogens with zero attached hydrogens (tertiary/aromatic N) is 2. The van der Waals surface area contributed by atoms with E-state index in [0.717, 1.165) is 31.2 Å². The highest BCUT2D eigenvalue weighted by Gasteiger charge is 2.27. The molecule has 7 nitrogen and oxygen atoms in total. The van der Waals surface area contributed by atoms with Crippen molar-refractivity contribution in [3.63, 3.8) is 0 Å². The van der Waals surface area contributed by atoms with E-state index in [1.807, 2.05) is 29.2 Å². The van der Waals surface area contributed by atoms with E-state index in [4.69, 9.17) is 22.1 Å². The number of pyridine rings is 1. The third-order valence-electron chi connectivity index (χ3n) is 4.83. The molecule has 148 valence electrons. The maximum Gasteiger partial charge on any atom is 0.322 e. The van der Waals surface area contributed by atoms with Gasteiger partial charge in [-0.05, 0) is 36.6 Å². The van der Waals surface area contributed by atoms with E-state index in [9.17, 15) is 9.59 Å². The van der Waals surface area contributed by atoms with Crippen LogP contribution in [0, 0.1) is 0 Å². The number of aromatic nitrogens is 1. The number of nitrogens with two attached hydrogens (primary N) is 1. The minimum Gasteiger partial charge on any atom is -0.480 e. The Morgan fingerprint density at radius 1 is 1.25 bits per heavy atom. The summed E-state index contributed by atoms with van der Waals surface area (Å²) in [6.07, 6.45) is 5.38. The topological polar surface area (TPSA) is 97.6 Å². The van der Waals surface area contributed by atoms with Gasteiger partial charge in [0.05, 0.1) is 25.0 Å². The van der Waals surface area contributed by atoms with Crippen LogP contribution in [0.5, 0.6) is 5.88 Å². The number of carbonyl (C=O) groups is 2. The smallest absolute Gasteiger partial charge is 0.322 e.